The maximum Gasteiger partial charge on any atom is 0.305 e. The number of furan rings is 1. The van der Waals surface area contributed by atoms with Crippen LogP contribution >= 0.6 is 11.6 Å². The molecule has 144 valence electrons. The van der Waals surface area contributed by atoms with E-state index in [4.69, 9.17) is 25.5 Å². The fraction of sp³-hybridized carbons (Fsp3) is 0.263. The average Bonchev–Trinajstić information content (AvgIpc) is 3.13. The molecule has 0 aliphatic carbocycles. The maximum atomic E-state index is 12.2. The van der Waals surface area contributed by atoms with Crippen LogP contribution < -0.4 is 14.8 Å². The maximum absolute atomic E-state index is 12.2. The molecule has 0 atom stereocenters. The van der Waals surface area contributed by atoms with E-state index in [2.05, 4.69) is 10.1 Å². The number of hydrogen-bond acceptors (Lipinski definition) is 6. The molecule has 1 heterocycles. The van der Waals surface area contributed by atoms with Gasteiger partial charge in [0.2, 0.25) is 5.91 Å². The van der Waals surface area contributed by atoms with Crippen molar-refractivity contribution in [2.24, 2.45) is 0 Å². The molecule has 1 aromatic carbocycles. The SMILES string of the molecule is COC(=O)CCc1ccc(/C=C/C(=O)Nc2cc(OC)c(Cl)cc2OC)o1. The molecule has 0 radical (unpaired) electrons. The molecule has 0 fully saturated rings. The summed E-state index contributed by atoms with van der Waals surface area (Å²) in [5, 5.41) is 3.07. The van der Waals surface area contributed by atoms with Crippen LogP contribution in [-0.2, 0) is 20.7 Å². The second-order valence-corrected chi connectivity index (χ2v) is 5.80. The van der Waals surface area contributed by atoms with Crippen molar-refractivity contribution in [3.8, 4) is 11.5 Å². The van der Waals surface area contributed by atoms with Gasteiger partial charge in [-0.2, -0.15) is 0 Å². The highest BCUT2D eigenvalue weighted by Crippen LogP contribution is 2.35. The van der Waals surface area contributed by atoms with Gasteiger partial charge in [-0.05, 0) is 18.2 Å². The zero-order chi connectivity index (χ0) is 19.8. The predicted molar refractivity (Wildman–Crippen MR) is 101 cm³/mol. The van der Waals surface area contributed by atoms with Crippen LogP contribution in [0, 0.1) is 0 Å². The van der Waals surface area contributed by atoms with Crippen LogP contribution in [0.25, 0.3) is 6.08 Å². The normalized spacial score (nSPS) is 10.7. The molecule has 1 amide bonds. The molecule has 8 heteroatoms. The lowest BCUT2D eigenvalue weighted by atomic mass is 10.2. The minimum atomic E-state index is -0.384. The predicted octanol–water partition coefficient (Wildman–Crippen LogP) is 3.71. The molecule has 0 aliphatic rings. The van der Waals surface area contributed by atoms with E-state index in [1.54, 1.807) is 24.3 Å². The van der Waals surface area contributed by atoms with Crippen molar-refractivity contribution in [2.45, 2.75) is 12.8 Å². The summed E-state index contributed by atoms with van der Waals surface area (Å²) >= 11 is 6.04. The minimum absolute atomic E-state index is 0.228. The molecular weight excluding hydrogens is 374 g/mol. The highest BCUT2D eigenvalue weighted by atomic mass is 35.5. The number of benzene rings is 1. The molecule has 1 N–H and O–H groups in total. The largest absolute Gasteiger partial charge is 0.495 e. The first-order chi connectivity index (χ1) is 13.0. The number of amides is 1. The quantitative estimate of drug-likeness (QED) is 0.543. The number of rotatable bonds is 8. The number of aryl methyl sites for hydroxylation is 1. The molecule has 2 aromatic rings. The van der Waals surface area contributed by atoms with Gasteiger partial charge in [-0.1, -0.05) is 11.6 Å². The second-order valence-electron chi connectivity index (χ2n) is 5.39. The van der Waals surface area contributed by atoms with E-state index in [-0.39, 0.29) is 18.3 Å². The number of ether oxygens (including phenoxy) is 3. The number of halogens is 1. The molecule has 0 unspecified atom stereocenters. The third-order valence-corrected chi connectivity index (χ3v) is 3.91. The van der Waals surface area contributed by atoms with Crippen molar-refractivity contribution in [1.82, 2.24) is 0 Å². The Labute approximate surface area is 161 Å². The lowest BCUT2D eigenvalue weighted by molar-refractivity contribution is -0.140. The number of carbonyl (C=O) groups is 2. The van der Waals surface area contributed by atoms with Gasteiger partial charge < -0.3 is 23.9 Å². The summed E-state index contributed by atoms with van der Waals surface area (Å²) in [5.41, 5.74) is 0.423. The van der Waals surface area contributed by atoms with E-state index in [9.17, 15) is 9.59 Å². The number of anilines is 1. The first-order valence-corrected chi connectivity index (χ1v) is 8.40. The van der Waals surface area contributed by atoms with Crippen LogP contribution in [0.1, 0.15) is 17.9 Å². The van der Waals surface area contributed by atoms with Crippen LogP contribution in [-0.4, -0.2) is 33.2 Å². The Hall–Kier alpha value is -2.93. The standard InChI is InChI=1S/C19H20ClNO6/c1-24-16-11-15(17(25-2)10-14(16)20)21-18(22)8-6-12-4-5-13(27-12)7-9-19(23)26-3/h4-6,8,10-11H,7,9H2,1-3H3,(H,21,22)/b8-6+. The van der Waals surface area contributed by atoms with E-state index in [1.807, 2.05) is 0 Å². The number of hydrogen-bond donors (Lipinski definition) is 1. The summed E-state index contributed by atoms with van der Waals surface area (Å²) in [6.07, 6.45) is 3.50. The van der Waals surface area contributed by atoms with Gasteiger partial charge in [-0.25, -0.2) is 0 Å². The fourth-order valence-electron chi connectivity index (χ4n) is 2.24. The van der Waals surface area contributed by atoms with E-state index in [0.29, 0.717) is 40.2 Å². The van der Waals surface area contributed by atoms with Crippen molar-refractivity contribution in [2.75, 3.05) is 26.6 Å². The Bertz CT molecular complexity index is 843. The zero-order valence-corrected chi connectivity index (χ0v) is 16.0. The van der Waals surface area contributed by atoms with Crippen molar-refractivity contribution < 1.29 is 28.2 Å². The topological polar surface area (TPSA) is 87.0 Å². The number of nitrogens with one attached hydrogen (secondary N) is 1. The summed E-state index contributed by atoms with van der Waals surface area (Å²) in [5.74, 6) is 1.25. The zero-order valence-electron chi connectivity index (χ0n) is 15.2. The highest BCUT2D eigenvalue weighted by Gasteiger charge is 2.11. The molecule has 0 saturated carbocycles. The summed E-state index contributed by atoms with van der Waals surface area (Å²) in [6.45, 7) is 0. The first-order valence-electron chi connectivity index (χ1n) is 8.03. The van der Waals surface area contributed by atoms with Crippen molar-refractivity contribution in [1.29, 1.82) is 0 Å². The molecule has 1 aromatic heterocycles. The Morgan fingerprint density at radius 3 is 2.56 bits per heavy atom. The van der Waals surface area contributed by atoms with E-state index in [0.717, 1.165) is 0 Å². The lowest BCUT2D eigenvalue weighted by Gasteiger charge is -2.12. The smallest absolute Gasteiger partial charge is 0.305 e. The molecule has 0 bridgehead atoms. The van der Waals surface area contributed by atoms with E-state index >= 15 is 0 Å². The Balaban J connectivity index is 2.01. The van der Waals surface area contributed by atoms with Crippen LogP contribution in [0.2, 0.25) is 5.02 Å². The molecule has 0 saturated heterocycles. The number of methoxy groups -OCH3 is 3. The summed E-state index contributed by atoms with van der Waals surface area (Å²) in [6, 6.07) is 6.58. The van der Waals surface area contributed by atoms with Gasteiger partial charge in [0.25, 0.3) is 0 Å². The van der Waals surface area contributed by atoms with Crippen molar-refractivity contribution >= 4 is 35.2 Å². The molecule has 27 heavy (non-hydrogen) atoms. The van der Waals surface area contributed by atoms with Crippen LogP contribution in [0.4, 0.5) is 5.69 Å². The summed E-state index contributed by atoms with van der Waals surface area (Å²) in [4.78, 5) is 23.3. The van der Waals surface area contributed by atoms with Gasteiger partial charge in [-0.15, -0.1) is 0 Å². The molecule has 0 aliphatic heterocycles. The highest BCUT2D eigenvalue weighted by molar-refractivity contribution is 6.32. The number of carbonyl (C=O) groups excluding carboxylic acids is 2. The summed E-state index contributed by atoms with van der Waals surface area (Å²) < 4.78 is 20.5. The van der Waals surface area contributed by atoms with Gasteiger partial charge in [0.05, 0.1) is 38.5 Å². The Kier molecular flexibility index (Phi) is 7.31. The summed E-state index contributed by atoms with van der Waals surface area (Å²) in [7, 11) is 4.29. The lowest BCUT2D eigenvalue weighted by Crippen LogP contribution is -2.09. The fourth-order valence-corrected chi connectivity index (χ4v) is 2.47. The van der Waals surface area contributed by atoms with Gasteiger partial charge in [-0.3, -0.25) is 9.59 Å². The van der Waals surface area contributed by atoms with E-state index in [1.165, 1.54) is 33.5 Å². The Morgan fingerprint density at radius 1 is 1.15 bits per heavy atom. The monoisotopic (exact) mass is 393 g/mol. The molecule has 7 nitrogen and oxygen atoms in total. The number of esters is 1. The average molecular weight is 394 g/mol. The molecule has 2 rings (SSSR count). The third kappa shape index (κ3) is 5.79. The Morgan fingerprint density at radius 2 is 1.89 bits per heavy atom. The van der Waals surface area contributed by atoms with Gasteiger partial charge in [0.15, 0.2) is 0 Å². The molecule has 0 spiro atoms. The van der Waals surface area contributed by atoms with Crippen LogP contribution in [0.3, 0.4) is 0 Å². The third-order valence-electron chi connectivity index (χ3n) is 3.62. The van der Waals surface area contributed by atoms with E-state index < -0.39 is 0 Å². The van der Waals surface area contributed by atoms with Gasteiger partial charge in [0.1, 0.15) is 23.0 Å². The van der Waals surface area contributed by atoms with Crippen molar-refractivity contribution in [3.05, 3.63) is 46.9 Å². The van der Waals surface area contributed by atoms with Crippen LogP contribution in [0.5, 0.6) is 11.5 Å². The van der Waals surface area contributed by atoms with Crippen molar-refractivity contribution in [3.63, 3.8) is 0 Å². The minimum Gasteiger partial charge on any atom is -0.495 e. The van der Waals surface area contributed by atoms with Gasteiger partial charge in [0, 0.05) is 24.6 Å². The van der Waals surface area contributed by atoms with Gasteiger partial charge >= 0.3 is 5.97 Å². The molecular formula is C19H20ClNO6. The second kappa shape index (κ2) is 9.68. The van der Waals surface area contributed by atoms with Crippen LogP contribution in [0.15, 0.2) is 34.8 Å². The first kappa shape index (κ1) is 20.4.